The van der Waals surface area contributed by atoms with Gasteiger partial charge in [-0.3, -0.25) is 0 Å². The Morgan fingerprint density at radius 3 is 2.55 bits per heavy atom. The van der Waals surface area contributed by atoms with Gasteiger partial charge in [0.15, 0.2) is 0 Å². The normalized spacial score (nSPS) is 11.6. The Labute approximate surface area is 123 Å². The number of nitrogens with zero attached hydrogens (tertiary/aromatic N) is 1. The Morgan fingerprint density at radius 2 is 2.05 bits per heavy atom. The summed E-state index contributed by atoms with van der Waals surface area (Å²) in [6.45, 7) is 0.151. The molecule has 0 radical (unpaired) electrons. The third-order valence-corrected chi connectivity index (χ3v) is 5.30. The number of sulfonamides is 1. The van der Waals surface area contributed by atoms with Crippen molar-refractivity contribution < 1.29 is 18.3 Å². The van der Waals surface area contributed by atoms with Crippen LogP contribution in [0, 0.1) is 0 Å². The molecule has 0 heterocycles. The number of carboxylic acid groups (broad SMARTS) is 1. The lowest BCUT2D eigenvalue weighted by Crippen LogP contribution is -2.28. The first-order chi connectivity index (χ1) is 9.29. The summed E-state index contributed by atoms with van der Waals surface area (Å²) < 4.78 is 24.4. The molecular formula is C12H18N2O4S2. The molecule has 0 unspecified atom stereocenters. The van der Waals surface area contributed by atoms with Crippen molar-refractivity contribution in [2.75, 3.05) is 38.0 Å². The highest BCUT2D eigenvalue weighted by atomic mass is 32.2. The average molecular weight is 318 g/mol. The Kier molecular flexibility index (Phi) is 5.85. The van der Waals surface area contributed by atoms with Crippen molar-refractivity contribution in [3.8, 4) is 0 Å². The van der Waals surface area contributed by atoms with Gasteiger partial charge in [-0.1, -0.05) is 6.07 Å². The first-order valence-electron chi connectivity index (χ1n) is 5.84. The molecule has 6 nitrogen and oxygen atoms in total. The molecule has 2 N–H and O–H groups in total. The van der Waals surface area contributed by atoms with Crippen LogP contribution in [0.25, 0.3) is 0 Å². The Bertz CT molecular complexity index is 585. The van der Waals surface area contributed by atoms with E-state index in [4.69, 9.17) is 0 Å². The Balaban J connectivity index is 2.86. The van der Waals surface area contributed by atoms with Gasteiger partial charge in [-0.2, -0.15) is 0 Å². The fourth-order valence-electron chi connectivity index (χ4n) is 1.57. The fourth-order valence-corrected chi connectivity index (χ4v) is 2.91. The maximum absolute atomic E-state index is 11.6. The van der Waals surface area contributed by atoms with Crippen LogP contribution in [0.2, 0.25) is 0 Å². The van der Waals surface area contributed by atoms with Crippen molar-refractivity contribution in [3.63, 3.8) is 0 Å². The number of rotatable bonds is 7. The van der Waals surface area contributed by atoms with Gasteiger partial charge in [-0.05, 0) is 18.4 Å². The van der Waals surface area contributed by atoms with Crippen LogP contribution < -0.4 is 5.32 Å². The van der Waals surface area contributed by atoms with Gasteiger partial charge in [0.2, 0.25) is 10.0 Å². The van der Waals surface area contributed by atoms with E-state index in [0.717, 1.165) is 4.31 Å². The second-order valence-corrected chi connectivity index (χ2v) is 7.36. The number of thioether (sulfide) groups is 1. The van der Waals surface area contributed by atoms with E-state index in [9.17, 15) is 18.3 Å². The molecule has 0 spiro atoms. The zero-order valence-electron chi connectivity index (χ0n) is 11.6. The summed E-state index contributed by atoms with van der Waals surface area (Å²) in [6.07, 6.45) is 1.79. The number of carboxylic acids is 1. The number of hydrogen-bond donors (Lipinski definition) is 2. The van der Waals surface area contributed by atoms with E-state index in [-0.39, 0.29) is 17.9 Å². The van der Waals surface area contributed by atoms with E-state index in [1.807, 2.05) is 0 Å². The van der Waals surface area contributed by atoms with Gasteiger partial charge in [0, 0.05) is 31.2 Å². The zero-order valence-corrected chi connectivity index (χ0v) is 13.2. The summed E-state index contributed by atoms with van der Waals surface area (Å²) in [5.41, 5.74) is 0.598. The lowest BCUT2D eigenvalue weighted by atomic mass is 10.2. The molecule has 0 saturated heterocycles. The molecule has 1 aromatic rings. The topological polar surface area (TPSA) is 86.7 Å². The predicted molar refractivity (Wildman–Crippen MR) is 81.1 cm³/mol. The number of carbonyl (C=O) groups is 1. The summed E-state index contributed by atoms with van der Waals surface area (Å²) in [5, 5.41) is 12.1. The standard InChI is InChI=1S/C12H18N2O4S2/c1-14(2)20(17,18)8-7-13-9-5-4-6-10(19-3)11(9)12(15)16/h4-6,13H,7-8H2,1-3H3,(H,15,16). The van der Waals surface area contributed by atoms with Crippen LogP contribution in [0.4, 0.5) is 5.69 Å². The van der Waals surface area contributed by atoms with Crippen molar-refractivity contribution in [1.29, 1.82) is 0 Å². The van der Waals surface area contributed by atoms with E-state index in [2.05, 4.69) is 5.32 Å². The van der Waals surface area contributed by atoms with E-state index in [1.54, 1.807) is 24.5 Å². The van der Waals surface area contributed by atoms with Crippen LogP contribution in [0.5, 0.6) is 0 Å². The van der Waals surface area contributed by atoms with Gasteiger partial charge in [0.1, 0.15) is 0 Å². The van der Waals surface area contributed by atoms with Crippen molar-refractivity contribution in [2.45, 2.75) is 4.90 Å². The summed E-state index contributed by atoms with van der Waals surface area (Å²) in [6, 6.07) is 5.09. The highest BCUT2D eigenvalue weighted by Gasteiger charge is 2.16. The Hall–Kier alpha value is -1.25. The molecule has 0 atom stereocenters. The van der Waals surface area contributed by atoms with Crippen LogP contribution in [0.15, 0.2) is 23.1 Å². The molecule has 0 aliphatic heterocycles. The average Bonchev–Trinajstić information content (AvgIpc) is 2.37. The van der Waals surface area contributed by atoms with Crippen LogP contribution in [0.1, 0.15) is 10.4 Å². The second kappa shape index (κ2) is 6.96. The van der Waals surface area contributed by atoms with Gasteiger partial charge in [0.05, 0.1) is 11.3 Å². The molecular weight excluding hydrogens is 300 g/mol. The second-order valence-electron chi connectivity index (χ2n) is 4.21. The lowest BCUT2D eigenvalue weighted by Gasteiger charge is -2.14. The molecule has 8 heteroatoms. The van der Waals surface area contributed by atoms with Gasteiger partial charge in [-0.15, -0.1) is 11.8 Å². The van der Waals surface area contributed by atoms with E-state index in [0.29, 0.717) is 10.6 Å². The van der Waals surface area contributed by atoms with E-state index < -0.39 is 16.0 Å². The van der Waals surface area contributed by atoms with Crippen LogP contribution in [-0.2, 0) is 10.0 Å². The molecule has 0 saturated carbocycles. The largest absolute Gasteiger partial charge is 0.478 e. The molecule has 0 bridgehead atoms. The van der Waals surface area contributed by atoms with Crippen molar-refractivity contribution in [1.82, 2.24) is 4.31 Å². The third-order valence-electron chi connectivity index (χ3n) is 2.69. The minimum Gasteiger partial charge on any atom is -0.478 e. The first kappa shape index (κ1) is 16.8. The highest BCUT2D eigenvalue weighted by molar-refractivity contribution is 7.98. The summed E-state index contributed by atoms with van der Waals surface area (Å²) in [7, 11) is -0.370. The summed E-state index contributed by atoms with van der Waals surface area (Å²) in [5.74, 6) is -1.13. The van der Waals surface area contributed by atoms with Gasteiger partial charge >= 0.3 is 5.97 Å². The minimum atomic E-state index is -3.30. The van der Waals surface area contributed by atoms with E-state index in [1.165, 1.54) is 25.9 Å². The van der Waals surface area contributed by atoms with Gasteiger partial charge in [0.25, 0.3) is 0 Å². The predicted octanol–water partition coefficient (Wildman–Crippen LogP) is 1.41. The van der Waals surface area contributed by atoms with Crippen molar-refractivity contribution in [2.24, 2.45) is 0 Å². The fraction of sp³-hybridized carbons (Fsp3) is 0.417. The molecule has 0 aliphatic carbocycles. The van der Waals surface area contributed by atoms with E-state index >= 15 is 0 Å². The van der Waals surface area contributed by atoms with Gasteiger partial charge in [-0.25, -0.2) is 17.5 Å². The molecule has 0 aliphatic rings. The molecule has 1 aromatic carbocycles. The monoisotopic (exact) mass is 318 g/mol. The molecule has 112 valence electrons. The Morgan fingerprint density at radius 1 is 1.40 bits per heavy atom. The first-order valence-corrected chi connectivity index (χ1v) is 8.67. The maximum atomic E-state index is 11.6. The minimum absolute atomic E-state index is 0.0947. The van der Waals surface area contributed by atoms with Crippen LogP contribution in [0.3, 0.4) is 0 Å². The number of nitrogens with one attached hydrogen (secondary N) is 1. The van der Waals surface area contributed by atoms with Crippen LogP contribution in [-0.4, -0.2) is 56.4 Å². The summed E-state index contributed by atoms with van der Waals surface area (Å²) >= 11 is 1.33. The lowest BCUT2D eigenvalue weighted by molar-refractivity contribution is 0.0694. The molecule has 0 amide bonds. The number of benzene rings is 1. The quantitative estimate of drug-likeness (QED) is 0.739. The smallest absolute Gasteiger partial charge is 0.338 e. The highest BCUT2D eigenvalue weighted by Crippen LogP contribution is 2.27. The zero-order chi connectivity index (χ0) is 15.3. The van der Waals surface area contributed by atoms with Crippen molar-refractivity contribution >= 4 is 33.4 Å². The van der Waals surface area contributed by atoms with Gasteiger partial charge < -0.3 is 10.4 Å². The van der Waals surface area contributed by atoms with Crippen LogP contribution >= 0.6 is 11.8 Å². The number of aromatic carboxylic acids is 1. The van der Waals surface area contributed by atoms with Crippen molar-refractivity contribution in [3.05, 3.63) is 23.8 Å². The molecule has 0 aromatic heterocycles. The molecule has 0 fully saturated rings. The summed E-state index contributed by atoms with van der Waals surface area (Å²) in [4.78, 5) is 11.9. The number of anilines is 1. The molecule has 20 heavy (non-hydrogen) atoms. The maximum Gasteiger partial charge on any atom is 0.338 e. The SMILES string of the molecule is CSc1cccc(NCCS(=O)(=O)N(C)C)c1C(=O)O. The molecule has 1 rings (SSSR count). The number of hydrogen-bond acceptors (Lipinski definition) is 5. The third kappa shape index (κ3) is 4.12.